The van der Waals surface area contributed by atoms with Crippen LogP contribution in [-0.4, -0.2) is 45.8 Å². The number of hydrazine groups is 1. The number of hydrogen-bond donors (Lipinski definition) is 3. The molecule has 1 aliphatic rings. The molecule has 27 heavy (non-hydrogen) atoms. The molecule has 3 N–H and O–H groups in total. The van der Waals surface area contributed by atoms with Crippen molar-refractivity contribution < 1.29 is 14.4 Å². The van der Waals surface area contributed by atoms with Crippen molar-refractivity contribution in [3.63, 3.8) is 0 Å². The predicted octanol–water partition coefficient (Wildman–Crippen LogP) is 1.89. The topological polar surface area (TPSA) is 90.5 Å². The Hall–Kier alpha value is -2.13. The van der Waals surface area contributed by atoms with Crippen LogP contribution in [0.15, 0.2) is 18.2 Å². The standard InChI is InChI=1S/C18H24N4O3S2/c1-12-6-7-14(13(2)9-12)19-10-16(24)21-20-15(23)5-3-4-8-22-17(25)11-27-18(22)26/h6-7,9,19H,3-5,8,10-11H2,1-2H3,(H,20,23)(H,21,24). The maximum absolute atomic E-state index is 11.8. The van der Waals surface area contributed by atoms with E-state index in [9.17, 15) is 14.4 Å². The van der Waals surface area contributed by atoms with Crippen LogP contribution in [0.2, 0.25) is 0 Å². The molecule has 0 bridgehead atoms. The highest BCUT2D eigenvalue weighted by Crippen LogP contribution is 2.19. The number of nitrogens with one attached hydrogen (secondary N) is 3. The van der Waals surface area contributed by atoms with Gasteiger partial charge in [0.25, 0.3) is 5.91 Å². The minimum absolute atomic E-state index is 0.0260. The Balaban J connectivity index is 1.58. The van der Waals surface area contributed by atoms with E-state index in [-0.39, 0.29) is 30.7 Å². The maximum Gasteiger partial charge on any atom is 0.257 e. The van der Waals surface area contributed by atoms with Gasteiger partial charge in [-0.1, -0.05) is 41.7 Å². The number of carbonyl (C=O) groups is 3. The highest BCUT2D eigenvalue weighted by atomic mass is 32.2. The van der Waals surface area contributed by atoms with Crippen LogP contribution in [0, 0.1) is 13.8 Å². The third kappa shape index (κ3) is 6.84. The molecule has 0 radical (unpaired) electrons. The molecule has 0 unspecified atom stereocenters. The van der Waals surface area contributed by atoms with Gasteiger partial charge in [0.1, 0.15) is 4.32 Å². The average molecular weight is 409 g/mol. The highest BCUT2D eigenvalue weighted by Gasteiger charge is 2.25. The van der Waals surface area contributed by atoms with Gasteiger partial charge in [-0.2, -0.15) is 0 Å². The van der Waals surface area contributed by atoms with Crippen LogP contribution in [0.5, 0.6) is 0 Å². The second-order valence-electron chi connectivity index (χ2n) is 6.33. The fraction of sp³-hybridized carbons (Fsp3) is 0.444. The monoisotopic (exact) mass is 408 g/mol. The SMILES string of the molecule is Cc1ccc(NCC(=O)NNC(=O)CCCCN2C(=O)CSC2=S)c(C)c1. The summed E-state index contributed by atoms with van der Waals surface area (Å²) in [5.41, 5.74) is 7.89. The van der Waals surface area contributed by atoms with Crippen molar-refractivity contribution in [2.45, 2.75) is 33.1 Å². The first-order chi connectivity index (χ1) is 12.9. The molecule has 0 aliphatic carbocycles. The Bertz CT molecular complexity index is 723. The van der Waals surface area contributed by atoms with Crippen molar-refractivity contribution in [2.24, 2.45) is 0 Å². The number of amides is 3. The molecule has 0 aromatic heterocycles. The summed E-state index contributed by atoms with van der Waals surface area (Å²) in [7, 11) is 0. The van der Waals surface area contributed by atoms with E-state index in [0.717, 1.165) is 16.8 Å². The van der Waals surface area contributed by atoms with Crippen LogP contribution < -0.4 is 16.2 Å². The minimum atomic E-state index is -0.326. The molecule has 146 valence electrons. The highest BCUT2D eigenvalue weighted by molar-refractivity contribution is 8.23. The number of nitrogens with zero attached hydrogens (tertiary/aromatic N) is 1. The van der Waals surface area contributed by atoms with Crippen LogP contribution >= 0.6 is 24.0 Å². The second-order valence-corrected chi connectivity index (χ2v) is 7.93. The zero-order chi connectivity index (χ0) is 19.8. The van der Waals surface area contributed by atoms with Gasteiger partial charge in [-0.05, 0) is 38.3 Å². The molecule has 9 heteroatoms. The molecular weight excluding hydrogens is 384 g/mol. The number of anilines is 1. The van der Waals surface area contributed by atoms with Crippen molar-refractivity contribution in [1.29, 1.82) is 0 Å². The Kier molecular flexibility index (Phi) is 8.05. The largest absolute Gasteiger partial charge is 0.376 e. The Labute approximate surface area is 168 Å². The lowest BCUT2D eigenvalue weighted by molar-refractivity contribution is -0.128. The van der Waals surface area contributed by atoms with Crippen molar-refractivity contribution in [2.75, 3.05) is 24.2 Å². The first-order valence-corrected chi connectivity index (χ1v) is 10.1. The Morgan fingerprint density at radius 2 is 1.93 bits per heavy atom. The second kappa shape index (κ2) is 10.3. The van der Waals surface area contributed by atoms with E-state index in [4.69, 9.17) is 12.2 Å². The third-order valence-corrected chi connectivity index (χ3v) is 5.47. The number of hydrogen-bond acceptors (Lipinski definition) is 6. The summed E-state index contributed by atoms with van der Waals surface area (Å²) in [6, 6.07) is 5.92. The van der Waals surface area contributed by atoms with Gasteiger partial charge in [0.05, 0.1) is 12.3 Å². The van der Waals surface area contributed by atoms with E-state index in [2.05, 4.69) is 16.2 Å². The van der Waals surface area contributed by atoms with Crippen molar-refractivity contribution in [3.05, 3.63) is 29.3 Å². The van der Waals surface area contributed by atoms with Gasteiger partial charge in [-0.3, -0.25) is 30.1 Å². The van der Waals surface area contributed by atoms with Gasteiger partial charge in [0.15, 0.2) is 0 Å². The Morgan fingerprint density at radius 1 is 1.19 bits per heavy atom. The molecule has 0 spiro atoms. The molecule has 1 fully saturated rings. The Morgan fingerprint density at radius 3 is 2.59 bits per heavy atom. The molecule has 1 aliphatic heterocycles. The van der Waals surface area contributed by atoms with Crippen molar-refractivity contribution in [3.8, 4) is 0 Å². The van der Waals surface area contributed by atoms with E-state index in [1.54, 1.807) is 4.90 Å². The summed E-state index contributed by atoms with van der Waals surface area (Å²) in [5, 5.41) is 3.04. The van der Waals surface area contributed by atoms with Crippen LogP contribution in [0.25, 0.3) is 0 Å². The van der Waals surface area contributed by atoms with Crippen molar-refractivity contribution in [1.82, 2.24) is 15.8 Å². The summed E-state index contributed by atoms with van der Waals surface area (Å²) in [5.74, 6) is -0.160. The quantitative estimate of drug-likeness (QED) is 0.346. The van der Waals surface area contributed by atoms with Gasteiger partial charge in [0, 0.05) is 18.7 Å². The third-order valence-electron chi connectivity index (χ3n) is 4.04. The van der Waals surface area contributed by atoms with Gasteiger partial charge in [0.2, 0.25) is 11.8 Å². The first kappa shape index (κ1) is 21.2. The number of thiocarbonyl (C=S) groups is 1. The van der Waals surface area contributed by atoms with Crippen LogP contribution in [0.1, 0.15) is 30.4 Å². The normalized spacial score (nSPS) is 13.6. The molecule has 0 saturated carbocycles. The molecule has 0 atom stereocenters. The first-order valence-electron chi connectivity index (χ1n) is 8.72. The fourth-order valence-electron chi connectivity index (χ4n) is 2.59. The summed E-state index contributed by atoms with van der Waals surface area (Å²) < 4.78 is 0.605. The number of rotatable bonds is 8. The number of thioether (sulfide) groups is 1. The van der Waals surface area contributed by atoms with E-state index >= 15 is 0 Å². The van der Waals surface area contributed by atoms with E-state index < -0.39 is 0 Å². The van der Waals surface area contributed by atoms with Gasteiger partial charge >= 0.3 is 0 Å². The van der Waals surface area contributed by atoms with Crippen molar-refractivity contribution >= 4 is 51.7 Å². The lowest BCUT2D eigenvalue weighted by Crippen LogP contribution is -2.44. The maximum atomic E-state index is 11.8. The summed E-state index contributed by atoms with van der Waals surface area (Å²) >= 11 is 6.47. The summed E-state index contributed by atoms with van der Waals surface area (Å²) in [6.07, 6.45) is 1.56. The smallest absolute Gasteiger partial charge is 0.257 e. The minimum Gasteiger partial charge on any atom is -0.376 e. The van der Waals surface area contributed by atoms with E-state index in [1.165, 1.54) is 11.8 Å². The number of carbonyl (C=O) groups excluding carboxylic acids is 3. The van der Waals surface area contributed by atoms with Gasteiger partial charge in [-0.15, -0.1) is 0 Å². The number of unbranched alkanes of at least 4 members (excludes halogenated alkanes) is 1. The molecule has 2 rings (SSSR count). The molecular formula is C18H24N4O3S2. The molecule has 1 heterocycles. The van der Waals surface area contributed by atoms with Crippen LogP contribution in [0.3, 0.4) is 0 Å². The predicted molar refractivity (Wildman–Crippen MR) is 111 cm³/mol. The summed E-state index contributed by atoms with van der Waals surface area (Å²) in [4.78, 5) is 36.8. The number of benzene rings is 1. The average Bonchev–Trinajstić information content (AvgIpc) is 2.94. The lowest BCUT2D eigenvalue weighted by atomic mass is 10.1. The number of aryl methyl sites for hydroxylation is 2. The lowest BCUT2D eigenvalue weighted by Gasteiger charge is -2.14. The zero-order valence-electron chi connectivity index (χ0n) is 15.5. The molecule has 7 nitrogen and oxygen atoms in total. The zero-order valence-corrected chi connectivity index (χ0v) is 17.1. The van der Waals surface area contributed by atoms with Gasteiger partial charge < -0.3 is 5.32 Å². The van der Waals surface area contributed by atoms with Crippen LogP contribution in [-0.2, 0) is 14.4 Å². The molecule has 1 aromatic carbocycles. The summed E-state index contributed by atoms with van der Waals surface area (Å²) in [6.45, 7) is 4.58. The molecule has 1 aromatic rings. The molecule has 3 amide bonds. The fourth-order valence-corrected chi connectivity index (χ4v) is 3.71. The van der Waals surface area contributed by atoms with Gasteiger partial charge in [-0.25, -0.2) is 0 Å². The van der Waals surface area contributed by atoms with Crippen LogP contribution in [0.4, 0.5) is 5.69 Å². The molecule has 1 saturated heterocycles. The van der Waals surface area contributed by atoms with E-state index in [0.29, 0.717) is 29.5 Å². The van der Waals surface area contributed by atoms with E-state index in [1.807, 2.05) is 32.0 Å².